The maximum Gasteiger partial charge on any atom is 0.234 e. The van der Waals surface area contributed by atoms with Crippen LogP contribution in [-0.2, 0) is 4.79 Å². The first-order chi connectivity index (χ1) is 8.63. The van der Waals surface area contributed by atoms with Crippen LogP contribution in [0.25, 0.3) is 0 Å². The first kappa shape index (κ1) is 15.2. The lowest BCUT2D eigenvalue weighted by Crippen LogP contribution is -2.14. The number of nitrogens with one attached hydrogen (secondary N) is 1. The van der Waals surface area contributed by atoms with E-state index in [0.29, 0.717) is 22.2 Å². The molecule has 0 aliphatic carbocycles. The van der Waals surface area contributed by atoms with Gasteiger partial charge in [-0.25, -0.2) is 0 Å². The van der Waals surface area contributed by atoms with Gasteiger partial charge in [0.2, 0.25) is 5.91 Å². The number of hydrogen-bond donors (Lipinski definition) is 2. The maximum atomic E-state index is 11.7. The first-order valence-corrected chi connectivity index (χ1v) is 7.59. The predicted molar refractivity (Wildman–Crippen MR) is 81.3 cm³/mol. The highest BCUT2D eigenvalue weighted by atomic mass is 35.5. The van der Waals surface area contributed by atoms with E-state index in [1.54, 1.807) is 30.0 Å². The molecule has 5 heteroatoms. The number of nitrogens with two attached hydrogens (primary N) is 1. The number of anilines is 2. The fourth-order valence-corrected chi connectivity index (χ4v) is 2.48. The standard InChI is InChI=1S/C13H19ClN2OS/c1-2-3-4-7-18-9-13(17)16-12-6-5-10(15)8-11(12)14/h5-6,8H,2-4,7,9,15H2,1H3,(H,16,17). The van der Waals surface area contributed by atoms with Gasteiger partial charge in [0.05, 0.1) is 16.5 Å². The number of benzene rings is 1. The van der Waals surface area contributed by atoms with Gasteiger partial charge in [-0.05, 0) is 30.4 Å². The summed E-state index contributed by atoms with van der Waals surface area (Å²) in [5.41, 5.74) is 6.79. The van der Waals surface area contributed by atoms with E-state index in [4.69, 9.17) is 17.3 Å². The van der Waals surface area contributed by atoms with Crippen LogP contribution < -0.4 is 11.1 Å². The van der Waals surface area contributed by atoms with E-state index < -0.39 is 0 Å². The summed E-state index contributed by atoms with van der Waals surface area (Å²) in [6.45, 7) is 2.17. The van der Waals surface area contributed by atoms with Gasteiger partial charge in [-0.3, -0.25) is 4.79 Å². The molecule has 0 unspecified atom stereocenters. The smallest absolute Gasteiger partial charge is 0.234 e. The van der Waals surface area contributed by atoms with Crippen molar-refractivity contribution in [3.8, 4) is 0 Å². The molecule has 0 saturated heterocycles. The number of unbranched alkanes of at least 4 members (excludes halogenated alkanes) is 2. The molecule has 0 fully saturated rings. The second-order valence-corrected chi connectivity index (χ2v) is 5.56. The van der Waals surface area contributed by atoms with Crippen molar-refractivity contribution >= 4 is 40.6 Å². The highest BCUT2D eigenvalue weighted by Gasteiger charge is 2.06. The van der Waals surface area contributed by atoms with E-state index >= 15 is 0 Å². The van der Waals surface area contributed by atoms with Crippen LogP contribution in [0.4, 0.5) is 11.4 Å². The van der Waals surface area contributed by atoms with Gasteiger partial charge < -0.3 is 11.1 Å². The Hall–Kier alpha value is -0.870. The zero-order chi connectivity index (χ0) is 13.4. The van der Waals surface area contributed by atoms with Gasteiger partial charge in [0.25, 0.3) is 0 Å². The summed E-state index contributed by atoms with van der Waals surface area (Å²) in [6, 6.07) is 5.07. The predicted octanol–water partition coefficient (Wildman–Crippen LogP) is 3.78. The molecule has 0 spiro atoms. The Bertz CT molecular complexity index is 399. The minimum Gasteiger partial charge on any atom is -0.399 e. The molecular weight excluding hydrogens is 268 g/mol. The highest BCUT2D eigenvalue weighted by Crippen LogP contribution is 2.24. The Morgan fingerprint density at radius 2 is 2.22 bits per heavy atom. The summed E-state index contributed by atoms with van der Waals surface area (Å²) in [6.07, 6.45) is 3.59. The molecule has 1 amide bonds. The third-order valence-electron chi connectivity index (χ3n) is 2.39. The molecule has 0 heterocycles. The fraction of sp³-hybridized carbons (Fsp3) is 0.462. The van der Waals surface area contributed by atoms with Crippen LogP contribution in [0.3, 0.4) is 0 Å². The fourth-order valence-electron chi connectivity index (χ4n) is 1.44. The molecule has 18 heavy (non-hydrogen) atoms. The average molecular weight is 287 g/mol. The van der Waals surface area contributed by atoms with Gasteiger partial charge in [-0.15, -0.1) is 0 Å². The highest BCUT2D eigenvalue weighted by molar-refractivity contribution is 7.99. The Morgan fingerprint density at radius 1 is 1.44 bits per heavy atom. The van der Waals surface area contributed by atoms with Crippen LogP contribution in [0.2, 0.25) is 5.02 Å². The molecular formula is C13H19ClN2OS. The molecule has 1 aromatic carbocycles. The van der Waals surface area contributed by atoms with Gasteiger partial charge in [0, 0.05) is 5.69 Å². The largest absolute Gasteiger partial charge is 0.399 e. The molecule has 3 nitrogen and oxygen atoms in total. The number of amides is 1. The van der Waals surface area contributed by atoms with Crippen LogP contribution in [0.5, 0.6) is 0 Å². The van der Waals surface area contributed by atoms with Crippen molar-refractivity contribution in [2.75, 3.05) is 22.6 Å². The average Bonchev–Trinajstić information content (AvgIpc) is 2.32. The number of thioether (sulfide) groups is 1. The minimum absolute atomic E-state index is 0.0248. The number of halogens is 1. The molecule has 3 N–H and O–H groups in total. The lowest BCUT2D eigenvalue weighted by atomic mass is 10.3. The summed E-state index contributed by atoms with van der Waals surface area (Å²) in [5.74, 6) is 1.46. The van der Waals surface area contributed by atoms with Crippen molar-refractivity contribution in [2.45, 2.75) is 26.2 Å². The summed E-state index contributed by atoms with van der Waals surface area (Å²) in [5, 5.41) is 3.25. The normalized spacial score (nSPS) is 10.3. The van der Waals surface area contributed by atoms with Crippen LogP contribution in [0.1, 0.15) is 26.2 Å². The topological polar surface area (TPSA) is 55.1 Å². The molecule has 100 valence electrons. The molecule has 0 aliphatic rings. The zero-order valence-corrected chi connectivity index (χ0v) is 12.1. The molecule has 1 rings (SSSR count). The molecule has 0 atom stereocenters. The first-order valence-electron chi connectivity index (χ1n) is 6.06. The monoisotopic (exact) mass is 286 g/mol. The molecule has 0 saturated carbocycles. The van der Waals surface area contributed by atoms with E-state index in [9.17, 15) is 4.79 Å². The van der Waals surface area contributed by atoms with E-state index in [1.165, 1.54) is 12.8 Å². The van der Waals surface area contributed by atoms with E-state index in [2.05, 4.69) is 12.2 Å². The summed E-state index contributed by atoms with van der Waals surface area (Å²) < 4.78 is 0. The summed E-state index contributed by atoms with van der Waals surface area (Å²) in [7, 11) is 0. The van der Waals surface area contributed by atoms with Gasteiger partial charge in [0.15, 0.2) is 0 Å². The van der Waals surface area contributed by atoms with Gasteiger partial charge in [-0.1, -0.05) is 31.4 Å². The lowest BCUT2D eigenvalue weighted by molar-refractivity contribution is -0.113. The Labute approximate surface area is 117 Å². The Balaban J connectivity index is 2.31. The van der Waals surface area contributed by atoms with E-state index in [0.717, 1.165) is 12.2 Å². The molecule has 1 aromatic rings. The number of hydrogen-bond acceptors (Lipinski definition) is 3. The second kappa shape index (κ2) is 8.27. The summed E-state index contributed by atoms with van der Waals surface area (Å²) >= 11 is 7.62. The van der Waals surface area contributed by atoms with Crippen LogP contribution >= 0.6 is 23.4 Å². The lowest BCUT2D eigenvalue weighted by Gasteiger charge is -2.07. The van der Waals surface area contributed by atoms with E-state index in [1.807, 2.05) is 0 Å². The third-order valence-corrected chi connectivity index (χ3v) is 3.75. The van der Waals surface area contributed by atoms with Crippen LogP contribution in [-0.4, -0.2) is 17.4 Å². The Morgan fingerprint density at radius 3 is 2.89 bits per heavy atom. The SMILES string of the molecule is CCCCCSCC(=O)Nc1ccc(N)cc1Cl. The van der Waals surface area contributed by atoms with Crippen LogP contribution in [0, 0.1) is 0 Å². The van der Waals surface area contributed by atoms with Gasteiger partial charge >= 0.3 is 0 Å². The number of carbonyl (C=O) groups excluding carboxylic acids is 1. The van der Waals surface area contributed by atoms with Crippen molar-refractivity contribution in [3.05, 3.63) is 23.2 Å². The van der Waals surface area contributed by atoms with Gasteiger partial charge in [0.1, 0.15) is 0 Å². The van der Waals surface area contributed by atoms with Crippen molar-refractivity contribution in [1.29, 1.82) is 0 Å². The van der Waals surface area contributed by atoms with Crippen molar-refractivity contribution < 1.29 is 4.79 Å². The third kappa shape index (κ3) is 5.65. The van der Waals surface area contributed by atoms with Crippen molar-refractivity contribution in [3.63, 3.8) is 0 Å². The van der Waals surface area contributed by atoms with Crippen molar-refractivity contribution in [2.24, 2.45) is 0 Å². The number of nitrogen functional groups attached to an aromatic ring is 1. The maximum absolute atomic E-state index is 11.7. The number of carbonyl (C=O) groups is 1. The van der Waals surface area contributed by atoms with Crippen LogP contribution in [0.15, 0.2) is 18.2 Å². The zero-order valence-electron chi connectivity index (χ0n) is 10.5. The molecule has 0 bridgehead atoms. The second-order valence-electron chi connectivity index (χ2n) is 4.05. The molecule has 0 aromatic heterocycles. The molecule has 0 radical (unpaired) electrons. The quantitative estimate of drug-likeness (QED) is 0.592. The van der Waals surface area contributed by atoms with Crippen molar-refractivity contribution in [1.82, 2.24) is 0 Å². The minimum atomic E-state index is -0.0248. The Kier molecular flexibility index (Phi) is 6.98. The van der Waals surface area contributed by atoms with Gasteiger partial charge in [-0.2, -0.15) is 11.8 Å². The number of rotatable bonds is 7. The molecule has 0 aliphatic heterocycles. The van der Waals surface area contributed by atoms with E-state index in [-0.39, 0.29) is 5.91 Å². The summed E-state index contributed by atoms with van der Waals surface area (Å²) in [4.78, 5) is 11.7.